The van der Waals surface area contributed by atoms with Crippen LogP contribution in [0.2, 0.25) is 0 Å². The van der Waals surface area contributed by atoms with Crippen molar-refractivity contribution in [3.05, 3.63) is 29.6 Å². The predicted octanol–water partition coefficient (Wildman–Crippen LogP) is 2.49. The van der Waals surface area contributed by atoms with Crippen LogP contribution in [0.25, 0.3) is 0 Å². The summed E-state index contributed by atoms with van der Waals surface area (Å²) in [5.41, 5.74) is 0.779. The average molecular weight is 540 g/mol. The average Bonchev–Trinajstić information content (AvgIpc) is 3.43. The maximum Gasteiger partial charge on any atom is 0.214 e. The van der Waals surface area contributed by atoms with Gasteiger partial charge in [0, 0.05) is 26.7 Å². The first kappa shape index (κ1) is 24.1. The maximum atomic E-state index is 14.3. The van der Waals surface area contributed by atoms with Crippen molar-refractivity contribution in [2.24, 2.45) is 10.9 Å². The van der Waals surface area contributed by atoms with Crippen LogP contribution in [0.3, 0.4) is 0 Å². The van der Waals surface area contributed by atoms with E-state index in [0.717, 1.165) is 18.4 Å². The quantitative estimate of drug-likeness (QED) is 0.301. The third kappa shape index (κ3) is 6.95. The molecule has 3 rings (SSSR count). The Hall–Kier alpha value is -1.14. The Morgan fingerprint density at radius 2 is 2.17 bits per heavy atom. The summed E-state index contributed by atoms with van der Waals surface area (Å²) in [6.07, 6.45) is 3.01. The normalized spacial score (nSPS) is 20.0. The third-order valence-corrected chi connectivity index (χ3v) is 7.02. The van der Waals surface area contributed by atoms with E-state index in [2.05, 4.69) is 15.6 Å². The van der Waals surface area contributed by atoms with Crippen LogP contribution >= 0.6 is 24.0 Å². The Morgan fingerprint density at radius 1 is 1.41 bits per heavy atom. The van der Waals surface area contributed by atoms with Crippen LogP contribution in [-0.4, -0.2) is 57.7 Å². The molecule has 2 fully saturated rings. The highest BCUT2D eigenvalue weighted by molar-refractivity contribution is 14.0. The number of hydrogen-bond acceptors (Lipinski definition) is 4. The molecular formula is C19H30FIN4O3S. The van der Waals surface area contributed by atoms with Crippen LogP contribution in [0.1, 0.15) is 37.8 Å². The number of aliphatic imine (C=N–C) groups is 1. The van der Waals surface area contributed by atoms with Gasteiger partial charge in [-0.2, -0.15) is 0 Å². The molecule has 1 heterocycles. The van der Waals surface area contributed by atoms with Crippen molar-refractivity contribution in [1.29, 1.82) is 0 Å². The van der Waals surface area contributed by atoms with Crippen molar-refractivity contribution in [1.82, 2.24) is 14.9 Å². The Kier molecular flexibility index (Phi) is 8.95. The minimum atomic E-state index is -3.09. The smallest absolute Gasteiger partial charge is 0.214 e. The van der Waals surface area contributed by atoms with Gasteiger partial charge >= 0.3 is 0 Å². The number of halogens is 2. The fraction of sp³-hybridized carbons (Fsp3) is 0.632. The van der Waals surface area contributed by atoms with Gasteiger partial charge in [0.1, 0.15) is 0 Å². The van der Waals surface area contributed by atoms with E-state index in [-0.39, 0.29) is 47.3 Å². The minimum Gasteiger partial charge on any atom is -0.490 e. The summed E-state index contributed by atoms with van der Waals surface area (Å²) >= 11 is 0. The molecule has 2 N–H and O–H groups in total. The van der Waals surface area contributed by atoms with Crippen molar-refractivity contribution in [3.63, 3.8) is 0 Å². The second kappa shape index (κ2) is 10.8. The van der Waals surface area contributed by atoms with Gasteiger partial charge in [-0.1, -0.05) is 6.07 Å². The van der Waals surface area contributed by atoms with Crippen LogP contribution in [0.5, 0.6) is 5.75 Å². The lowest BCUT2D eigenvalue weighted by Gasteiger charge is -2.20. The highest BCUT2D eigenvalue weighted by Gasteiger charge is 2.27. The summed E-state index contributed by atoms with van der Waals surface area (Å²) in [5.74, 6) is 1.26. The van der Waals surface area contributed by atoms with Gasteiger partial charge in [-0.3, -0.25) is 4.99 Å². The summed E-state index contributed by atoms with van der Waals surface area (Å²) in [7, 11) is -1.45. The van der Waals surface area contributed by atoms with Crippen molar-refractivity contribution in [2.45, 2.75) is 32.2 Å². The molecule has 1 unspecified atom stereocenters. The molecule has 1 saturated heterocycles. The highest BCUT2D eigenvalue weighted by atomic mass is 127. The highest BCUT2D eigenvalue weighted by Crippen LogP contribution is 2.30. The van der Waals surface area contributed by atoms with Crippen molar-refractivity contribution in [2.75, 3.05) is 39.0 Å². The number of ether oxygens (including phenoxy) is 1. The summed E-state index contributed by atoms with van der Waals surface area (Å²) in [5, 5.41) is 6.31. The third-order valence-electron chi connectivity index (χ3n) is 5.06. The number of nitrogens with one attached hydrogen (secondary N) is 2. The lowest BCUT2D eigenvalue weighted by Crippen LogP contribution is -2.42. The van der Waals surface area contributed by atoms with Crippen LogP contribution in [-0.2, 0) is 10.0 Å². The van der Waals surface area contributed by atoms with Gasteiger partial charge < -0.3 is 15.4 Å². The van der Waals surface area contributed by atoms with E-state index in [9.17, 15) is 12.8 Å². The summed E-state index contributed by atoms with van der Waals surface area (Å²) in [6, 6.07) is 4.81. The Bertz CT molecular complexity index is 818. The molecule has 0 aromatic heterocycles. The number of nitrogens with zero attached hydrogens (tertiary/aromatic N) is 2. The molecule has 1 aliphatic heterocycles. The van der Waals surface area contributed by atoms with Gasteiger partial charge in [-0.25, -0.2) is 17.1 Å². The molecule has 1 saturated carbocycles. The Balaban J connectivity index is 0.00000300. The molecule has 7 nitrogen and oxygen atoms in total. The number of benzene rings is 1. The van der Waals surface area contributed by atoms with Crippen molar-refractivity contribution < 1.29 is 17.5 Å². The van der Waals surface area contributed by atoms with Gasteiger partial charge in [0.2, 0.25) is 10.0 Å². The zero-order valence-corrected chi connectivity index (χ0v) is 20.0. The van der Waals surface area contributed by atoms with Gasteiger partial charge in [-0.15, -0.1) is 24.0 Å². The molecule has 1 aliphatic carbocycles. The fourth-order valence-corrected chi connectivity index (χ4v) is 4.65. The largest absolute Gasteiger partial charge is 0.490 e. The zero-order valence-electron chi connectivity index (χ0n) is 16.9. The zero-order chi connectivity index (χ0) is 20.1. The van der Waals surface area contributed by atoms with E-state index >= 15 is 0 Å². The first-order valence-electron chi connectivity index (χ1n) is 9.76. The topological polar surface area (TPSA) is 83.0 Å². The Morgan fingerprint density at radius 3 is 2.76 bits per heavy atom. The van der Waals surface area contributed by atoms with Gasteiger partial charge in [-0.05, 0) is 49.8 Å². The molecule has 10 heteroatoms. The van der Waals surface area contributed by atoms with Crippen LogP contribution in [0.4, 0.5) is 4.39 Å². The molecule has 1 aromatic carbocycles. The van der Waals surface area contributed by atoms with Gasteiger partial charge in [0.25, 0.3) is 0 Å². The van der Waals surface area contributed by atoms with Gasteiger partial charge in [0.05, 0.1) is 18.4 Å². The van der Waals surface area contributed by atoms with Gasteiger partial charge in [0.15, 0.2) is 17.5 Å². The lowest BCUT2D eigenvalue weighted by atomic mass is 10.1. The van der Waals surface area contributed by atoms with Crippen LogP contribution in [0.15, 0.2) is 23.2 Å². The molecule has 29 heavy (non-hydrogen) atoms. The number of sulfonamides is 1. The summed E-state index contributed by atoms with van der Waals surface area (Å²) in [6.45, 7) is 3.92. The SMILES string of the molecule is CN=C(NCCN1CCCS1(=O)=O)NC(C)c1ccc(OCC2CC2)c(F)c1.I. The van der Waals surface area contributed by atoms with Crippen molar-refractivity contribution >= 4 is 40.0 Å². The predicted molar refractivity (Wildman–Crippen MR) is 123 cm³/mol. The van der Waals surface area contributed by atoms with E-state index in [1.165, 1.54) is 10.4 Å². The molecule has 0 spiro atoms. The molecule has 1 atom stereocenters. The van der Waals surface area contributed by atoms with Crippen LogP contribution in [0, 0.1) is 11.7 Å². The summed E-state index contributed by atoms with van der Waals surface area (Å²) in [4.78, 5) is 4.16. The van der Waals surface area contributed by atoms with E-state index in [1.54, 1.807) is 13.1 Å². The van der Waals surface area contributed by atoms with E-state index < -0.39 is 10.0 Å². The maximum absolute atomic E-state index is 14.3. The molecule has 0 bridgehead atoms. The second-order valence-corrected chi connectivity index (χ2v) is 9.47. The molecule has 2 aliphatic rings. The summed E-state index contributed by atoms with van der Waals surface area (Å²) < 4.78 is 45.0. The minimum absolute atomic E-state index is 0. The molecule has 0 amide bonds. The van der Waals surface area contributed by atoms with Crippen molar-refractivity contribution in [3.8, 4) is 5.75 Å². The number of rotatable bonds is 8. The molecule has 164 valence electrons. The first-order chi connectivity index (χ1) is 13.4. The lowest BCUT2D eigenvalue weighted by molar-refractivity contribution is 0.285. The second-order valence-electron chi connectivity index (χ2n) is 7.38. The fourth-order valence-electron chi connectivity index (χ4n) is 3.12. The first-order valence-corrected chi connectivity index (χ1v) is 11.4. The molecule has 0 radical (unpaired) electrons. The monoisotopic (exact) mass is 540 g/mol. The number of hydrogen-bond donors (Lipinski definition) is 2. The van der Waals surface area contributed by atoms with Crippen LogP contribution < -0.4 is 15.4 Å². The van der Waals surface area contributed by atoms with E-state index in [1.807, 2.05) is 13.0 Å². The standard InChI is InChI=1S/C19H29FN4O3S.HI/c1-14(16-6-7-18(17(20)12-16)27-13-15-4-5-15)23-19(21-2)22-8-10-24-9-3-11-28(24,25)26;/h6-7,12,14-15H,3-5,8-11,13H2,1-2H3,(H2,21,22,23);1H. The van der Waals surface area contributed by atoms with E-state index in [0.29, 0.717) is 44.5 Å². The molecular weight excluding hydrogens is 510 g/mol. The number of guanidine groups is 1. The molecule has 1 aromatic rings. The van der Waals surface area contributed by atoms with E-state index in [4.69, 9.17) is 4.74 Å². The Labute approximate surface area is 189 Å².